The number of H-pyrrole nitrogens is 2. The molecule has 2 rings (SSSR count). The van der Waals surface area contributed by atoms with E-state index >= 15 is 0 Å². The van der Waals surface area contributed by atoms with Gasteiger partial charge in [0.05, 0.1) is 12.6 Å². The van der Waals surface area contributed by atoms with Gasteiger partial charge in [0.25, 0.3) is 11.1 Å². The number of hydrogen-bond donors (Lipinski definition) is 7. The quantitative estimate of drug-likeness (QED) is 0.126. The molecule has 0 fully saturated rings. The number of aromatic amines is 2. The van der Waals surface area contributed by atoms with Crippen molar-refractivity contribution in [2.24, 2.45) is 5.73 Å². The summed E-state index contributed by atoms with van der Waals surface area (Å²) in [5.41, 5.74) is 3.87. The summed E-state index contributed by atoms with van der Waals surface area (Å²) in [4.78, 5) is 99.1. The average Bonchev–Trinajstić information content (AvgIpc) is 2.87. The van der Waals surface area contributed by atoms with Gasteiger partial charge in [0.15, 0.2) is 0 Å². The number of nitrogens with two attached hydrogens (primary N) is 1. The summed E-state index contributed by atoms with van der Waals surface area (Å²) in [6, 6.07) is -2.39. The number of carbonyl (C=O) groups excluding carboxylic acids is 3. The smallest absolute Gasteiger partial charge is 0.328 e. The van der Waals surface area contributed by atoms with Gasteiger partial charge in [-0.15, -0.1) is 0 Å². The lowest BCUT2D eigenvalue weighted by Gasteiger charge is -2.19. The summed E-state index contributed by atoms with van der Waals surface area (Å²) >= 11 is 0. The molecular weight excluding hydrogens is 520 g/mol. The van der Waals surface area contributed by atoms with Crippen LogP contribution in [0.25, 0.3) is 0 Å². The van der Waals surface area contributed by atoms with E-state index < -0.39 is 71.4 Å². The highest BCUT2D eigenvalue weighted by Gasteiger charge is 2.22. The first-order chi connectivity index (χ1) is 18.3. The third-order valence-electron chi connectivity index (χ3n) is 5.54. The molecule has 0 radical (unpaired) electrons. The minimum atomic E-state index is -1.32. The van der Waals surface area contributed by atoms with E-state index in [1.165, 1.54) is 30.8 Å². The number of carboxylic acid groups (broad SMARTS) is 1. The molecule has 0 saturated carbocycles. The van der Waals surface area contributed by atoms with Crippen LogP contribution in [0.3, 0.4) is 0 Å². The van der Waals surface area contributed by atoms with E-state index in [2.05, 4.69) is 25.9 Å². The molecule has 2 unspecified atom stereocenters. The van der Waals surface area contributed by atoms with E-state index in [1.807, 2.05) is 0 Å². The normalized spacial score (nSPS) is 12.3. The molecule has 0 bridgehead atoms. The summed E-state index contributed by atoms with van der Waals surface area (Å²) < 4.78 is 2.31. The first-order valence-electron chi connectivity index (χ1n) is 11.7. The third kappa shape index (κ3) is 9.22. The van der Waals surface area contributed by atoms with Crippen LogP contribution in [0, 0.1) is 13.8 Å². The highest BCUT2D eigenvalue weighted by Crippen LogP contribution is 1.98. The number of aryl methyl sites for hydroxylation is 4. The Bertz CT molecular complexity index is 1470. The fraction of sp³-hybridized carbons (Fsp3) is 0.455. The molecule has 2 aromatic rings. The number of nitrogens with one attached hydrogen (secondary N) is 5. The largest absolute Gasteiger partial charge is 0.480 e. The maximum atomic E-state index is 12.5. The zero-order valence-corrected chi connectivity index (χ0v) is 21.2. The lowest BCUT2D eigenvalue weighted by molar-refractivity contribution is -0.138. The van der Waals surface area contributed by atoms with Crippen LogP contribution in [0.15, 0.2) is 31.6 Å². The van der Waals surface area contributed by atoms with Crippen LogP contribution in [0.2, 0.25) is 0 Å². The van der Waals surface area contributed by atoms with E-state index in [0.29, 0.717) is 5.56 Å². The van der Waals surface area contributed by atoms with Crippen LogP contribution in [0.1, 0.15) is 24.0 Å². The van der Waals surface area contributed by atoms with Crippen molar-refractivity contribution in [3.63, 3.8) is 0 Å². The van der Waals surface area contributed by atoms with Crippen molar-refractivity contribution >= 4 is 23.7 Å². The molecule has 2 heterocycles. The summed E-state index contributed by atoms with van der Waals surface area (Å²) in [6.07, 6.45) is 2.46. The van der Waals surface area contributed by atoms with Gasteiger partial charge in [0.2, 0.25) is 17.7 Å². The van der Waals surface area contributed by atoms with E-state index in [-0.39, 0.29) is 31.5 Å². The topological polar surface area (TPSA) is 260 Å². The Hall–Kier alpha value is -4.80. The SMILES string of the molecule is Cc1cn(CCC(N)C(=O)NCC(=O)NC(CCn2cc(C)c(=O)[nH]c2=O)C(=O)NCC(=O)O)c(=O)[nH]c1=O. The van der Waals surface area contributed by atoms with Crippen LogP contribution in [-0.4, -0.2) is 73.1 Å². The van der Waals surface area contributed by atoms with Gasteiger partial charge in [-0.2, -0.15) is 0 Å². The lowest BCUT2D eigenvalue weighted by atomic mass is 10.1. The highest BCUT2D eigenvalue weighted by atomic mass is 16.4. The average molecular weight is 551 g/mol. The number of amides is 3. The van der Waals surface area contributed by atoms with Crippen molar-refractivity contribution in [1.29, 1.82) is 0 Å². The molecule has 2 aromatic heterocycles. The first kappa shape index (κ1) is 30.4. The van der Waals surface area contributed by atoms with Crippen molar-refractivity contribution in [1.82, 2.24) is 35.1 Å². The summed E-state index contributed by atoms with van der Waals surface area (Å²) in [6.45, 7) is 1.60. The number of aromatic nitrogens is 4. The van der Waals surface area contributed by atoms with Crippen molar-refractivity contribution in [2.45, 2.75) is 51.9 Å². The van der Waals surface area contributed by atoms with Crippen molar-refractivity contribution in [2.75, 3.05) is 13.1 Å². The first-order valence-corrected chi connectivity index (χ1v) is 11.7. The molecule has 3 amide bonds. The second-order valence-electron chi connectivity index (χ2n) is 8.66. The fourth-order valence-corrected chi connectivity index (χ4v) is 3.35. The van der Waals surface area contributed by atoms with Gasteiger partial charge in [-0.1, -0.05) is 0 Å². The van der Waals surface area contributed by atoms with E-state index in [0.717, 1.165) is 4.57 Å². The van der Waals surface area contributed by atoms with E-state index in [4.69, 9.17) is 10.8 Å². The third-order valence-corrected chi connectivity index (χ3v) is 5.54. The maximum absolute atomic E-state index is 12.5. The Morgan fingerprint density at radius 3 is 1.85 bits per heavy atom. The molecule has 212 valence electrons. The maximum Gasteiger partial charge on any atom is 0.328 e. The molecule has 17 heteroatoms. The predicted octanol–water partition coefficient (Wildman–Crippen LogP) is -4.39. The van der Waals surface area contributed by atoms with Gasteiger partial charge in [0, 0.05) is 36.6 Å². The second kappa shape index (κ2) is 13.7. The Morgan fingerprint density at radius 1 is 0.846 bits per heavy atom. The number of rotatable bonds is 13. The molecule has 17 nitrogen and oxygen atoms in total. The van der Waals surface area contributed by atoms with Gasteiger partial charge >= 0.3 is 17.3 Å². The summed E-state index contributed by atoms with van der Waals surface area (Å²) in [7, 11) is 0. The molecule has 0 spiro atoms. The Kier molecular flexibility index (Phi) is 10.7. The lowest BCUT2D eigenvalue weighted by Crippen LogP contribution is -2.52. The molecule has 0 aliphatic heterocycles. The monoisotopic (exact) mass is 550 g/mol. The van der Waals surface area contributed by atoms with Crippen molar-refractivity contribution in [3.8, 4) is 0 Å². The summed E-state index contributed by atoms with van der Waals surface area (Å²) in [5, 5.41) is 15.6. The number of aliphatic carboxylic acids is 1. The van der Waals surface area contributed by atoms with Gasteiger partial charge in [-0.25, -0.2) is 9.59 Å². The number of hydrogen-bond acceptors (Lipinski definition) is 9. The predicted molar refractivity (Wildman–Crippen MR) is 135 cm³/mol. The number of carbonyl (C=O) groups is 4. The molecule has 0 aliphatic rings. The Balaban J connectivity index is 1.96. The minimum Gasteiger partial charge on any atom is -0.480 e. The van der Waals surface area contributed by atoms with Crippen LogP contribution >= 0.6 is 0 Å². The van der Waals surface area contributed by atoms with Crippen molar-refractivity contribution in [3.05, 3.63) is 65.2 Å². The zero-order valence-electron chi connectivity index (χ0n) is 21.2. The van der Waals surface area contributed by atoms with Crippen LogP contribution in [-0.2, 0) is 32.3 Å². The van der Waals surface area contributed by atoms with E-state index in [9.17, 15) is 38.4 Å². The number of carboxylic acids is 1. The van der Waals surface area contributed by atoms with E-state index in [1.54, 1.807) is 0 Å². The molecule has 39 heavy (non-hydrogen) atoms. The highest BCUT2D eigenvalue weighted by molar-refractivity contribution is 5.91. The standard InChI is InChI=1S/C22H30N8O9/c1-11-9-29(21(38)27-17(11)34)5-3-13(23)19(36)24-7-15(31)26-14(20(37)25-8-16(32)33)4-6-30-10-12(2)18(35)28-22(30)39/h9-10,13-14H,3-8,23H2,1-2H3,(H,24,36)(H,25,37)(H,26,31)(H,32,33)(H,27,34,38)(H,28,35,39). The molecule has 8 N–H and O–H groups in total. The Morgan fingerprint density at radius 2 is 1.33 bits per heavy atom. The van der Waals surface area contributed by atoms with Gasteiger partial charge < -0.3 is 35.9 Å². The Labute approximate surface area is 219 Å². The minimum absolute atomic E-state index is 0.00635. The van der Waals surface area contributed by atoms with Gasteiger partial charge in [-0.05, 0) is 26.7 Å². The van der Waals surface area contributed by atoms with Crippen molar-refractivity contribution < 1.29 is 24.3 Å². The molecular formula is C22H30N8O9. The molecule has 2 atom stereocenters. The van der Waals surface area contributed by atoms with Gasteiger partial charge in [-0.3, -0.25) is 38.7 Å². The molecule has 0 saturated heterocycles. The van der Waals surface area contributed by atoms with Crippen LogP contribution in [0.4, 0.5) is 0 Å². The second-order valence-corrected chi connectivity index (χ2v) is 8.66. The fourth-order valence-electron chi connectivity index (χ4n) is 3.35. The molecule has 0 aromatic carbocycles. The van der Waals surface area contributed by atoms with Gasteiger partial charge in [0.1, 0.15) is 12.6 Å². The van der Waals surface area contributed by atoms with Crippen LogP contribution in [0.5, 0.6) is 0 Å². The zero-order chi connectivity index (χ0) is 29.3. The summed E-state index contributed by atoms with van der Waals surface area (Å²) in [5.74, 6) is -3.68. The molecule has 0 aliphatic carbocycles. The van der Waals surface area contributed by atoms with Crippen LogP contribution < -0.4 is 44.2 Å². The number of nitrogens with zero attached hydrogens (tertiary/aromatic N) is 2.